The number of amides is 1. The fourth-order valence-electron chi connectivity index (χ4n) is 0.722. The summed E-state index contributed by atoms with van der Waals surface area (Å²) < 4.78 is 0. The number of hydrogen-bond donors (Lipinski definition) is 1. The molecule has 15 heavy (non-hydrogen) atoms. The van der Waals surface area contributed by atoms with Gasteiger partial charge in [0.25, 0.3) is 0 Å². The zero-order valence-electron chi connectivity index (χ0n) is 10.6. The Hall–Kier alpha value is -1.38. The van der Waals surface area contributed by atoms with E-state index in [1.165, 1.54) is 6.92 Å². The number of nitrogens with one attached hydrogen (secondary N) is 1. The summed E-state index contributed by atoms with van der Waals surface area (Å²) in [5.41, 5.74) is 1.08. The average molecular weight is 212 g/mol. The van der Waals surface area contributed by atoms with Gasteiger partial charge in [-0.15, -0.1) is 0 Å². The van der Waals surface area contributed by atoms with Gasteiger partial charge in [-0.05, 0) is 18.6 Å². The smallest absolute Gasteiger partial charge is 0.222 e. The van der Waals surface area contributed by atoms with Crippen molar-refractivity contribution in [2.75, 3.05) is 5.32 Å². The number of aromatic nitrogens is 1. The number of hydrogen-bond acceptors (Lipinski definition) is 2. The SMILES string of the molecule is CC.CC.CC(=O)Nc1ccc(C)cn1.[HH]. The summed E-state index contributed by atoms with van der Waals surface area (Å²) in [4.78, 5) is 14.5. The number of anilines is 1. The van der Waals surface area contributed by atoms with E-state index in [0.717, 1.165) is 5.56 Å². The zero-order chi connectivity index (χ0) is 12.3. The molecule has 0 aliphatic rings. The number of carbonyl (C=O) groups excluding carboxylic acids is 1. The van der Waals surface area contributed by atoms with Crippen LogP contribution in [0.1, 0.15) is 41.6 Å². The van der Waals surface area contributed by atoms with Gasteiger partial charge >= 0.3 is 0 Å². The van der Waals surface area contributed by atoms with Crippen LogP contribution in [0.25, 0.3) is 0 Å². The molecule has 1 N–H and O–H groups in total. The molecule has 0 atom stereocenters. The highest BCUT2D eigenvalue weighted by molar-refractivity contribution is 5.87. The highest BCUT2D eigenvalue weighted by Gasteiger charge is 1.93. The Morgan fingerprint density at radius 1 is 1.27 bits per heavy atom. The summed E-state index contributed by atoms with van der Waals surface area (Å²) in [7, 11) is 0. The van der Waals surface area contributed by atoms with E-state index < -0.39 is 0 Å². The van der Waals surface area contributed by atoms with Crippen molar-refractivity contribution < 1.29 is 6.22 Å². The van der Waals surface area contributed by atoms with E-state index in [-0.39, 0.29) is 7.33 Å². The van der Waals surface area contributed by atoms with Crippen LogP contribution in [0, 0.1) is 6.92 Å². The number of aryl methyl sites for hydroxylation is 1. The van der Waals surface area contributed by atoms with Crippen molar-refractivity contribution >= 4 is 11.7 Å². The second-order valence-corrected chi connectivity index (χ2v) is 2.40. The maximum absolute atomic E-state index is 10.5. The molecule has 1 aromatic rings. The molecule has 0 aliphatic heterocycles. The molecule has 0 aromatic carbocycles. The van der Waals surface area contributed by atoms with Crippen LogP contribution in [0.2, 0.25) is 0 Å². The maximum Gasteiger partial charge on any atom is 0.222 e. The van der Waals surface area contributed by atoms with Crippen LogP contribution in [0.15, 0.2) is 18.3 Å². The van der Waals surface area contributed by atoms with Crippen LogP contribution in [0.3, 0.4) is 0 Å². The minimum Gasteiger partial charge on any atom is -0.311 e. The molecule has 0 spiro atoms. The number of carbonyl (C=O) groups is 1. The predicted octanol–water partition coefficient (Wildman–Crippen LogP) is 3.65. The first-order valence-corrected chi connectivity index (χ1v) is 5.39. The summed E-state index contributed by atoms with van der Waals surface area (Å²) in [6.07, 6.45) is 1.71. The predicted molar refractivity (Wildman–Crippen MR) is 68.1 cm³/mol. The molecule has 0 radical (unpaired) electrons. The Morgan fingerprint density at radius 3 is 2.13 bits per heavy atom. The molecule has 0 bridgehead atoms. The van der Waals surface area contributed by atoms with Crippen LogP contribution in [-0.4, -0.2) is 10.9 Å². The van der Waals surface area contributed by atoms with Crippen molar-refractivity contribution in [3.8, 4) is 0 Å². The van der Waals surface area contributed by atoms with E-state index in [2.05, 4.69) is 10.3 Å². The molecule has 1 amide bonds. The van der Waals surface area contributed by atoms with Crippen molar-refractivity contribution in [2.24, 2.45) is 0 Å². The quantitative estimate of drug-likeness (QED) is 0.772. The van der Waals surface area contributed by atoms with Gasteiger partial charge in [0.1, 0.15) is 5.82 Å². The van der Waals surface area contributed by atoms with Crippen molar-refractivity contribution in [2.45, 2.75) is 41.5 Å². The first-order chi connectivity index (χ1) is 7.18. The zero-order valence-corrected chi connectivity index (χ0v) is 10.6. The minimum atomic E-state index is -0.0960. The summed E-state index contributed by atoms with van der Waals surface area (Å²) in [6.45, 7) is 11.4. The Kier molecular flexibility index (Phi) is 11.5. The first kappa shape index (κ1) is 16.1. The largest absolute Gasteiger partial charge is 0.311 e. The molecule has 0 aliphatic carbocycles. The van der Waals surface area contributed by atoms with E-state index in [1.807, 2.05) is 40.7 Å². The Balaban J connectivity index is -0.000000305. The van der Waals surface area contributed by atoms with E-state index in [0.29, 0.717) is 5.82 Å². The third-order valence-corrected chi connectivity index (χ3v) is 1.22. The molecule has 0 saturated heterocycles. The molecule has 1 aromatic heterocycles. The van der Waals surface area contributed by atoms with E-state index in [4.69, 9.17) is 0 Å². The standard InChI is InChI=1S/C8H10N2O.2C2H6.H2/c1-6-3-4-8(9-5-6)10-7(2)11;2*1-2;/h3-5H,1-2H3,(H,9,10,11);2*1-2H3;1H. The van der Waals surface area contributed by atoms with Crippen molar-refractivity contribution in [3.63, 3.8) is 0 Å². The molecule has 3 heteroatoms. The average Bonchev–Trinajstić information content (AvgIpc) is 2.27. The Morgan fingerprint density at radius 2 is 1.80 bits per heavy atom. The molecular formula is C12H24N2O. The first-order valence-electron chi connectivity index (χ1n) is 5.39. The summed E-state index contributed by atoms with van der Waals surface area (Å²) in [5, 5.41) is 2.58. The molecule has 1 heterocycles. The van der Waals surface area contributed by atoms with Crippen molar-refractivity contribution in [1.82, 2.24) is 4.98 Å². The lowest BCUT2D eigenvalue weighted by Gasteiger charge is -1.99. The molecular weight excluding hydrogens is 188 g/mol. The van der Waals surface area contributed by atoms with Crippen molar-refractivity contribution in [1.29, 1.82) is 0 Å². The number of pyridine rings is 1. The Bertz CT molecular complexity index is 260. The minimum absolute atomic E-state index is 0. The van der Waals surface area contributed by atoms with Crippen LogP contribution in [0.4, 0.5) is 5.82 Å². The molecule has 0 saturated carbocycles. The van der Waals surface area contributed by atoms with Crippen LogP contribution < -0.4 is 5.32 Å². The Labute approximate surface area is 94.4 Å². The van der Waals surface area contributed by atoms with Gasteiger partial charge in [-0.1, -0.05) is 33.8 Å². The normalized spacial score (nSPS) is 7.60. The van der Waals surface area contributed by atoms with Crippen molar-refractivity contribution in [3.05, 3.63) is 23.9 Å². The van der Waals surface area contributed by atoms with Crippen LogP contribution in [-0.2, 0) is 4.79 Å². The number of nitrogens with zero attached hydrogens (tertiary/aromatic N) is 1. The lowest BCUT2D eigenvalue weighted by atomic mass is 10.3. The van der Waals surface area contributed by atoms with E-state index in [9.17, 15) is 4.79 Å². The fourth-order valence-corrected chi connectivity index (χ4v) is 0.722. The fraction of sp³-hybridized carbons (Fsp3) is 0.500. The van der Waals surface area contributed by atoms with Gasteiger partial charge in [-0.3, -0.25) is 4.79 Å². The highest BCUT2D eigenvalue weighted by atomic mass is 16.1. The lowest BCUT2D eigenvalue weighted by Crippen LogP contribution is -2.06. The maximum atomic E-state index is 10.5. The summed E-state index contributed by atoms with van der Waals surface area (Å²) in [6, 6.07) is 3.68. The van der Waals surface area contributed by atoms with Gasteiger partial charge in [0.2, 0.25) is 5.91 Å². The van der Waals surface area contributed by atoms with Gasteiger partial charge in [0, 0.05) is 14.5 Å². The monoisotopic (exact) mass is 212 g/mol. The molecule has 1 rings (SSSR count). The lowest BCUT2D eigenvalue weighted by molar-refractivity contribution is -0.114. The molecule has 0 fully saturated rings. The van der Waals surface area contributed by atoms with Gasteiger partial charge in [0.15, 0.2) is 0 Å². The third kappa shape index (κ3) is 8.94. The molecule has 0 unspecified atom stereocenters. The van der Waals surface area contributed by atoms with Gasteiger partial charge < -0.3 is 5.32 Å². The molecule has 3 nitrogen and oxygen atoms in total. The van der Waals surface area contributed by atoms with Crippen LogP contribution >= 0.6 is 0 Å². The second-order valence-electron chi connectivity index (χ2n) is 2.40. The molecule has 88 valence electrons. The summed E-state index contributed by atoms with van der Waals surface area (Å²) in [5.74, 6) is 0.504. The number of rotatable bonds is 1. The summed E-state index contributed by atoms with van der Waals surface area (Å²) >= 11 is 0. The van der Waals surface area contributed by atoms with E-state index in [1.54, 1.807) is 12.3 Å². The van der Waals surface area contributed by atoms with Gasteiger partial charge in [-0.25, -0.2) is 4.98 Å². The third-order valence-electron chi connectivity index (χ3n) is 1.22. The van der Waals surface area contributed by atoms with Crippen LogP contribution in [0.5, 0.6) is 0 Å². The van der Waals surface area contributed by atoms with E-state index >= 15 is 0 Å². The second kappa shape index (κ2) is 10.7. The van der Waals surface area contributed by atoms with Gasteiger partial charge in [-0.2, -0.15) is 0 Å². The topological polar surface area (TPSA) is 42.0 Å². The van der Waals surface area contributed by atoms with Gasteiger partial charge in [0.05, 0.1) is 0 Å². The highest BCUT2D eigenvalue weighted by Crippen LogP contribution is 2.02.